The van der Waals surface area contributed by atoms with Crippen LogP contribution in [-0.2, 0) is 0 Å². The van der Waals surface area contributed by atoms with Gasteiger partial charge in [-0.05, 0) is 6.07 Å². The van der Waals surface area contributed by atoms with Gasteiger partial charge in [0.25, 0.3) is 12.0 Å². The summed E-state index contributed by atoms with van der Waals surface area (Å²) >= 11 is 0. The summed E-state index contributed by atoms with van der Waals surface area (Å²) in [5.74, 6) is -3.14. The molecule has 0 aliphatic heterocycles. The van der Waals surface area contributed by atoms with Gasteiger partial charge in [-0.1, -0.05) is 0 Å². The standard InChI is InChI=1S/C7H4F3NO3/c8-3-1-2(7(13)14)4(5(9)10)11-6(3)12/h1,5H,(H,11,12)(H,13,14). The molecular weight excluding hydrogens is 203 g/mol. The Morgan fingerprint density at radius 1 is 1.50 bits per heavy atom. The van der Waals surface area contributed by atoms with Crippen LogP contribution in [0.2, 0.25) is 0 Å². The van der Waals surface area contributed by atoms with Gasteiger partial charge in [-0.3, -0.25) is 4.79 Å². The third-order valence-electron chi connectivity index (χ3n) is 1.47. The van der Waals surface area contributed by atoms with Crippen molar-refractivity contribution in [2.45, 2.75) is 6.43 Å². The minimum Gasteiger partial charge on any atom is -0.478 e. The summed E-state index contributed by atoms with van der Waals surface area (Å²) in [6, 6.07) is 0.267. The number of H-pyrrole nitrogens is 1. The molecule has 2 N–H and O–H groups in total. The fourth-order valence-corrected chi connectivity index (χ4v) is 0.868. The molecule has 0 bridgehead atoms. The van der Waals surface area contributed by atoms with Crippen molar-refractivity contribution in [1.82, 2.24) is 4.98 Å². The van der Waals surface area contributed by atoms with Crippen LogP contribution in [0.1, 0.15) is 22.5 Å². The normalized spacial score (nSPS) is 10.6. The van der Waals surface area contributed by atoms with E-state index >= 15 is 0 Å². The number of pyridine rings is 1. The van der Waals surface area contributed by atoms with Crippen molar-refractivity contribution < 1.29 is 23.1 Å². The molecule has 1 heterocycles. The van der Waals surface area contributed by atoms with Crippen LogP contribution in [0.15, 0.2) is 10.9 Å². The highest BCUT2D eigenvalue weighted by atomic mass is 19.3. The van der Waals surface area contributed by atoms with Gasteiger partial charge in [0, 0.05) is 0 Å². The van der Waals surface area contributed by atoms with Crippen molar-refractivity contribution in [1.29, 1.82) is 0 Å². The summed E-state index contributed by atoms with van der Waals surface area (Å²) in [6.07, 6.45) is -3.17. The molecule has 0 fully saturated rings. The van der Waals surface area contributed by atoms with Crippen LogP contribution in [0.25, 0.3) is 0 Å². The second-order valence-corrected chi connectivity index (χ2v) is 2.38. The molecule has 1 aromatic rings. The number of hydrogen-bond donors (Lipinski definition) is 2. The van der Waals surface area contributed by atoms with Gasteiger partial charge in [-0.2, -0.15) is 0 Å². The van der Waals surface area contributed by atoms with Gasteiger partial charge in [0.2, 0.25) is 0 Å². The van der Waals surface area contributed by atoms with E-state index in [-0.39, 0.29) is 6.07 Å². The lowest BCUT2D eigenvalue weighted by Crippen LogP contribution is -2.18. The predicted molar refractivity (Wildman–Crippen MR) is 38.9 cm³/mol. The molecule has 0 aliphatic carbocycles. The summed E-state index contributed by atoms with van der Waals surface area (Å²) in [5.41, 5.74) is -3.41. The zero-order valence-corrected chi connectivity index (χ0v) is 6.55. The van der Waals surface area contributed by atoms with E-state index in [1.807, 2.05) is 0 Å². The zero-order chi connectivity index (χ0) is 10.9. The number of aromatic carboxylic acids is 1. The molecule has 1 aromatic heterocycles. The predicted octanol–water partition coefficient (Wildman–Crippen LogP) is 1.15. The SMILES string of the molecule is O=C(O)c1cc(F)c(=O)[nH]c1C(F)F. The topological polar surface area (TPSA) is 70.2 Å². The Morgan fingerprint density at radius 3 is 2.50 bits per heavy atom. The van der Waals surface area contributed by atoms with Crippen molar-refractivity contribution in [2.24, 2.45) is 0 Å². The molecule has 0 saturated carbocycles. The van der Waals surface area contributed by atoms with Crippen molar-refractivity contribution in [3.63, 3.8) is 0 Å². The van der Waals surface area contributed by atoms with Crippen LogP contribution in [0.4, 0.5) is 13.2 Å². The second kappa shape index (κ2) is 3.52. The van der Waals surface area contributed by atoms with Gasteiger partial charge in [0.05, 0.1) is 11.3 Å². The average molecular weight is 207 g/mol. The van der Waals surface area contributed by atoms with Crippen LogP contribution in [0.5, 0.6) is 0 Å². The Kier molecular flexibility index (Phi) is 2.59. The molecule has 4 nitrogen and oxygen atoms in total. The first-order valence-corrected chi connectivity index (χ1v) is 3.37. The van der Waals surface area contributed by atoms with Crippen LogP contribution >= 0.6 is 0 Å². The van der Waals surface area contributed by atoms with Gasteiger partial charge in [0.1, 0.15) is 0 Å². The average Bonchev–Trinajstić information content (AvgIpc) is 2.08. The van der Waals surface area contributed by atoms with Gasteiger partial charge in [-0.15, -0.1) is 0 Å². The van der Waals surface area contributed by atoms with Gasteiger partial charge < -0.3 is 10.1 Å². The van der Waals surface area contributed by atoms with Gasteiger partial charge in [-0.25, -0.2) is 18.0 Å². The fourth-order valence-electron chi connectivity index (χ4n) is 0.868. The number of carboxylic acid groups (broad SMARTS) is 1. The zero-order valence-electron chi connectivity index (χ0n) is 6.55. The summed E-state index contributed by atoms with van der Waals surface area (Å²) in [4.78, 5) is 22.4. The highest BCUT2D eigenvalue weighted by Crippen LogP contribution is 2.19. The molecule has 76 valence electrons. The maximum atomic E-state index is 12.5. The van der Waals surface area contributed by atoms with E-state index in [1.165, 1.54) is 4.98 Å². The Labute approximate surface area is 75.0 Å². The third-order valence-corrected chi connectivity index (χ3v) is 1.47. The van der Waals surface area contributed by atoms with Crippen molar-refractivity contribution >= 4 is 5.97 Å². The first-order valence-electron chi connectivity index (χ1n) is 3.37. The van der Waals surface area contributed by atoms with Crippen LogP contribution in [0.3, 0.4) is 0 Å². The summed E-state index contributed by atoms with van der Waals surface area (Å²) in [7, 11) is 0. The molecular formula is C7H4F3NO3. The van der Waals surface area contributed by atoms with Crippen LogP contribution < -0.4 is 5.56 Å². The smallest absolute Gasteiger partial charge is 0.337 e. The van der Waals surface area contributed by atoms with E-state index < -0.39 is 35.0 Å². The molecule has 0 radical (unpaired) electrons. The molecule has 0 unspecified atom stereocenters. The van der Waals surface area contributed by atoms with Crippen molar-refractivity contribution in [3.8, 4) is 0 Å². The van der Waals surface area contributed by atoms with E-state index in [4.69, 9.17) is 5.11 Å². The number of aromatic nitrogens is 1. The summed E-state index contributed by atoms with van der Waals surface area (Å²) < 4.78 is 36.8. The van der Waals surface area contributed by atoms with Crippen molar-refractivity contribution in [3.05, 3.63) is 33.5 Å². The quantitative estimate of drug-likeness (QED) is 0.764. The number of hydrogen-bond acceptors (Lipinski definition) is 2. The Hall–Kier alpha value is -1.79. The van der Waals surface area contributed by atoms with Gasteiger partial charge >= 0.3 is 5.97 Å². The van der Waals surface area contributed by atoms with Crippen LogP contribution in [-0.4, -0.2) is 16.1 Å². The monoisotopic (exact) mass is 207 g/mol. The molecule has 0 atom stereocenters. The molecule has 0 saturated heterocycles. The lowest BCUT2D eigenvalue weighted by molar-refractivity contribution is 0.0681. The lowest BCUT2D eigenvalue weighted by atomic mass is 10.2. The Balaban J connectivity index is 3.47. The molecule has 0 aliphatic rings. The van der Waals surface area contributed by atoms with E-state index in [1.54, 1.807) is 0 Å². The number of nitrogens with one attached hydrogen (secondary N) is 1. The fraction of sp³-hybridized carbons (Fsp3) is 0.143. The third kappa shape index (κ3) is 1.76. The highest BCUT2D eigenvalue weighted by Gasteiger charge is 2.20. The highest BCUT2D eigenvalue weighted by molar-refractivity contribution is 5.88. The molecule has 0 amide bonds. The largest absolute Gasteiger partial charge is 0.478 e. The van der Waals surface area contributed by atoms with E-state index in [2.05, 4.69) is 0 Å². The number of rotatable bonds is 2. The van der Waals surface area contributed by atoms with Crippen molar-refractivity contribution in [2.75, 3.05) is 0 Å². The molecule has 7 heteroatoms. The minimum atomic E-state index is -3.17. The molecule has 0 spiro atoms. The van der Waals surface area contributed by atoms with E-state index in [0.717, 1.165) is 0 Å². The first kappa shape index (κ1) is 10.3. The molecule has 14 heavy (non-hydrogen) atoms. The minimum absolute atomic E-state index is 0.267. The van der Waals surface area contributed by atoms with Gasteiger partial charge in [0.15, 0.2) is 5.82 Å². The maximum Gasteiger partial charge on any atom is 0.337 e. The summed E-state index contributed by atoms with van der Waals surface area (Å²) in [5, 5.41) is 8.41. The Bertz CT molecular complexity index is 427. The Morgan fingerprint density at radius 2 is 2.07 bits per heavy atom. The van der Waals surface area contributed by atoms with E-state index in [9.17, 15) is 22.8 Å². The number of carboxylic acids is 1. The number of alkyl halides is 2. The molecule has 1 rings (SSSR count). The first-order chi connectivity index (χ1) is 6.43. The summed E-state index contributed by atoms with van der Waals surface area (Å²) in [6.45, 7) is 0. The number of aromatic amines is 1. The van der Waals surface area contributed by atoms with E-state index in [0.29, 0.717) is 0 Å². The molecule has 0 aromatic carbocycles. The lowest BCUT2D eigenvalue weighted by Gasteiger charge is -2.03. The number of carbonyl (C=O) groups is 1. The number of halogens is 3. The van der Waals surface area contributed by atoms with Crippen LogP contribution in [0, 0.1) is 5.82 Å². The second-order valence-electron chi connectivity index (χ2n) is 2.38. The maximum absolute atomic E-state index is 12.5.